The van der Waals surface area contributed by atoms with Crippen LogP contribution in [0.1, 0.15) is 17.5 Å². The minimum atomic E-state index is -0.220. The molecule has 0 saturated heterocycles. The lowest BCUT2D eigenvalue weighted by atomic mass is 10.1. The van der Waals surface area contributed by atoms with Gasteiger partial charge in [0.2, 0.25) is 0 Å². The van der Waals surface area contributed by atoms with Crippen LogP contribution in [0.25, 0.3) is 10.7 Å². The molecule has 2 aromatic heterocycles. The normalized spacial score (nSPS) is 12.5. The molecule has 0 saturated carbocycles. The molecule has 0 bridgehead atoms. The predicted molar refractivity (Wildman–Crippen MR) is 75.0 cm³/mol. The number of hydrogen-bond acceptors (Lipinski definition) is 4. The third kappa shape index (κ3) is 2.43. The first-order chi connectivity index (χ1) is 9.38. The molecule has 19 heavy (non-hydrogen) atoms. The Bertz CT molecular complexity index is 634. The number of aromatic amines is 1. The zero-order chi connectivity index (χ0) is 13.1. The zero-order valence-electron chi connectivity index (χ0n) is 10.4. The average molecular weight is 271 g/mol. The Morgan fingerprint density at radius 1 is 1.16 bits per heavy atom. The number of nitrogens with one attached hydrogen (secondary N) is 1. The maximum Gasteiger partial charge on any atom is 0.191 e. The summed E-state index contributed by atoms with van der Waals surface area (Å²) in [6, 6.07) is 14.0. The molecule has 1 aromatic carbocycles. The highest BCUT2D eigenvalue weighted by Gasteiger charge is 2.18. The summed E-state index contributed by atoms with van der Waals surface area (Å²) in [4.78, 5) is 5.57. The van der Waals surface area contributed by atoms with E-state index in [1.54, 1.807) is 18.4 Å². The third-order valence-corrected chi connectivity index (χ3v) is 3.70. The molecule has 0 aliphatic carbocycles. The summed E-state index contributed by atoms with van der Waals surface area (Å²) in [5.41, 5.74) is 1.05. The second-order valence-corrected chi connectivity index (χ2v) is 5.00. The molecule has 0 aliphatic rings. The molecule has 2 heterocycles. The predicted octanol–water partition coefficient (Wildman–Crippen LogP) is 3.27. The van der Waals surface area contributed by atoms with Crippen LogP contribution in [-0.2, 0) is 4.74 Å². The van der Waals surface area contributed by atoms with E-state index in [1.807, 2.05) is 47.8 Å². The van der Waals surface area contributed by atoms with Gasteiger partial charge >= 0.3 is 0 Å². The second kappa shape index (κ2) is 5.34. The van der Waals surface area contributed by atoms with Crippen molar-refractivity contribution in [2.24, 2.45) is 0 Å². The van der Waals surface area contributed by atoms with Crippen LogP contribution in [0.15, 0.2) is 47.8 Å². The van der Waals surface area contributed by atoms with E-state index in [0.29, 0.717) is 5.82 Å². The zero-order valence-corrected chi connectivity index (χ0v) is 11.2. The fraction of sp³-hybridized carbons (Fsp3) is 0.143. The van der Waals surface area contributed by atoms with Crippen molar-refractivity contribution in [1.82, 2.24) is 15.2 Å². The van der Waals surface area contributed by atoms with Gasteiger partial charge in [0.25, 0.3) is 0 Å². The highest BCUT2D eigenvalue weighted by atomic mass is 32.1. The van der Waals surface area contributed by atoms with Crippen molar-refractivity contribution in [2.75, 3.05) is 7.11 Å². The summed E-state index contributed by atoms with van der Waals surface area (Å²) in [5.74, 6) is 1.43. The Balaban J connectivity index is 1.93. The van der Waals surface area contributed by atoms with E-state index < -0.39 is 0 Å². The number of H-pyrrole nitrogens is 1. The summed E-state index contributed by atoms with van der Waals surface area (Å²) in [7, 11) is 1.67. The van der Waals surface area contributed by atoms with E-state index in [0.717, 1.165) is 16.3 Å². The van der Waals surface area contributed by atoms with Gasteiger partial charge in [0, 0.05) is 7.11 Å². The van der Waals surface area contributed by atoms with Gasteiger partial charge in [-0.25, -0.2) is 4.98 Å². The molecule has 1 N–H and O–H groups in total. The number of ether oxygens (including phenoxy) is 1. The van der Waals surface area contributed by atoms with E-state index in [1.165, 1.54) is 0 Å². The van der Waals surface area contributed by atoms with Gasteiger partial charge in [0.15, 0.2) is 11.6 Å². The fourth-order valence-corrected chi connectivity index (χ4v) is 2.60. The van der Waals surface area contributed by atoms with E-state index in [-0.39, 0.29) is 6.10 Å². The van der Waals surface area contributed by atoms with Crippen LogP contribution in [0.4, 0.5) is 0 Å². The fourth-order valence-electron chi connectivity index (χ4n) is 1.94. The third-order valence-electron chi connectivity index (χ3n) is 2.83. The Kier molecular flexibility index (Phi) is 3.39. The van der Waals surface area contributed by atoms with Crippen LogP contribution in [-0.4, -0.2) is 22.3 Å². The van der Waals surface area contributed by atoms with Crippen LogP contribution in [0, 0.1) is 0 Å². The summed E-state index contributed by atoms with van der Waals surface area (Å²) in [6.07, 6.45) is -0.220. The summed E-state index contributed by atoms with van der Waals surface area (Å²) >= 11 is 1.62. The molecular weight excluding hydrogens is 258 g/mol. The van der Waals surface area contributed by atoms with Gasteiger partial charge < -0.3 is 4.74 Å². The largest absolute Gasteiger partial charge is 0.369 e. The Morgan fingerprint density at radius 2 is 2.00 bits per heavy atom. The first-order valence-corrected chi connectivity index (χ1v) is 6.80. The monoisotopic (exact) mass is 271 g/mol. The Morgan fingerprint density at radius 3 is 2.68 bits per heavy atom. The first-order valence-electron chi connectivity index (χ1n) is 5.92. The van der Waals surface area contributed by atoms with Crippen molar-refractivity contribution >= 4 is 11.3 Å². The lowest BCUT2D eigenvalue weighted by Crippen LogP contribution is -2.05. The maximum atomic E-state index is 5.52. The smallest absolute Gasteiger partial charge is 0.191 e. The van der Waals surface area contributed by atoms with Crippen molar-refractivity contribution in [3.8, 4) is 10.7 Å². The van der Waals surface area contributed by atoms with Gasteiger partial charge in [-0.1, -0.05) is 36.4 Å². The first kappa shape index (κ1) is 12.1. The van der Waals surface area contributed by atoms with Crippen molar-refractivity contribution in [1.29, 1.82) is 0 Å². The second-order valence-electron chi connectivity index (χ2n) is 4.05. The van der Waals surface area contributed by atoms with E-state index in [4.69, 9.17) is 4.74 Å². The molecule has 3 rings (SSSR count). The molecule has 96 valence electrons. The van der Waals surface area contributed by atoms with Crippen molar-refractivity contribution in [3.05, 3.63) is 59.2 Å². The van der Waals surface area contributed by atoms with E-state index >= 15 is 0 Å². The number of benzene rings is 1. The molecule has 4 nitrogen and oxygen atoms in total. The van der Waals surface area contributed by atoms with E-state index in [2.05, 4.69) is 15.2 Å². The number of hydrogen-bond donors (Lipinski definition) is 1. The molecule has 0 fully saturated rings. The Hall–Kier alpha value is -1.98. The van der Waals surface area contributed by atoms with Gasteiger partial charge in [0.1, 0.15) is 6.10 Å². The molecular formula is C14H13N3OS. The average Bonchev–Trinajstić information content (AvgIpc) is 3.11. The maximum absolute atomic E-state index is 5.52. The van der Waals surface area contributed by atoms with Crippen LogP contribution < -0.4 is 0 Å². The quantitative estimate of drug-likeness (QED) is 0.792. The van der Waals surface area contributed by atoms with Gasteiger partial charge in [-0.3, -0.25) is 5.10 Å². The van der Waals surface area contributed by atoms with Gasteiger partial charge in [-0.2, -0.15) is 5.10 Å². The van der Waals surface area contributed by atoms with Crippen LogP contribution >= 0.6 is 11.3 Å². The molecule has 0 radical (unpaired) electrons. The van der Waals surface area contributed by atoms with Crippen molar-refractivity contribution in [3.63, 3.8) is 0 Å². The standard InChI is InChI=1S/C14H13N3OS/c1-18-12(10-6-3-2-4-7-10)14-15-13(16-17-14)11-8-5-9-19-11/h2-9,12H,1H3,(H,15,16,17). The van der Waals surface area contributed by atoms with Crippen LogP contribution in [0.2, 0.25) is 0 Å². The van der Waals surface area contributed by atoms with Crippen molar-refractivity contribution < 1.29 is 4.74 Å². The lowest BCUT2D eigenvalue weighted by Gasteiger charge is -2.12. The molecule has 1 atom stereocenters. The topological polar surface area (TPSA) is 50.8 Å². The van der Waals surface area contributed by atoms with Gasteiger partial charge in [-0.15, -0.1) is 11.3 Å². The molecule has 1 unspecified atom stereocenters. The van der Waals surface area contributed by atoms with Gasteiger partial charge in [-0.05, 0) is 17.0 Å². The number of nitrogens with zero attached hydrogens (tertiary/aromatic N) is 2. The number of aromatic nitrogens is 3. The highest BCUT2D eigenvalue weighted by Crippen LogP contribution is 2.26. The number of methoxy groups -OCH3 is 1. The molecule has 5 heteroatoms. The molecule has 0 aliphatic heterocycles. The number of thiophene rings is 1. The SMILES string of the molecule is COC(c1ccccc1)c1nc(-c2cccs2)n[nH]1. The molecule has 3 aromatic rings. The number of rotatable bonds is 4. The highest BCUT2D eigenvalue weighted by molar-refractivity contribution is 7.13. The van der Waals surface area contributed by atoms with Crippen LogP contribution in [0.3, 0.4) is 0 Å². The Labute approximate surface area is 115 Å². The minimum absolute atomic E-state index is 0.220. The van der Waals surface area contributed by atoms with E-state index in [9.17, 15) is 0 Å². The summed E-state index contributed by atoms with van der Waals surface area (Å²) in [6.45, 7) is 0. The summed E-state index contributed by atoms with van der Waals surface area (Å²) < 4.78 is 5.52. The van der Waals surface area contributed by atoms with Crippen molar-refractivity contribution in [2.45, 2.75) is 6.10 Å². The summed E-state index contributed by atoms with van der Waals surface area (Å²) in [5, 5.41) is 9.22. The lowest BCUT2D eigenvalue weighted by molar-refractivity contribution is 0.129. The van der Waals surface area contributed by atoms with Gasteiger partial charge in [0.05, 0.1) is 4.88 Å². The van der Waals surface area contributed by atoms with Crippen LogP contribution in [0.5, 0.6) is 0 Å². The molecule has 0 spiro atoms. The minimum Gasteiger partial charge on any atom is -0.369 e. The molecule has 0 amide bonds.